The maximum atomic E-state index is 11.3. The fraction of sp³-hybridized carbons (Fsp3) is 0.333. The Morgan fingerprint density at radius 3 is 2.86 bits per heavy atom. The molecule has 0 spiro atoms. The van der Waals surface area contributed by atoms with Gasteiger partial charge in [0.2, 0.25) is 0 Å². The van der Waals surface area contributed by atoms with Crippen LogP contribution in [-0.2, 0) is 13.0 Å². The van der Waals surface area contributed by atoms with Crippen molar-refractivity contribution < 1.29 is 9.90 Å². The van der Waals surface area contributed by atoms with Crippen LogP contribution in [0.2, 0.25) is 5.02 Å². The second kappa shape index (κ2) is 6.91. The third-order valence-electron chi connectivity index (χ3n) is 3.00. The summed E-state index contributed by atoms with van der Waals surface area (Å²) >= 11 is 7.20. The van der Waals surface area contributed by atoms with E-state index in [-0.39, 0.29) is 0 Å². The molecular formula is C15H17ClN2O2S. The van der Waals surface area contributed by atoms with E-state index in [2.05, 4.69) is 4.98 Å². The van der Waals surface area contributed by atoms with Crippen molar-refractivity contribution in [3.05, 3.63) is 45.4 Å². The zero-order chi connectivity index (χ0) is 15.4. The first-order valence-electron chi connectivity index (χ1n) is 6.69. The molecule has 1 aromatic heterocycles. The van der Waals surface area contributed by atoms with Gasteiger partial charge in [0.25, 0.3) is 0 Å². The van der Waals surface area contributed by atoms with Crippen LogP contribution in [0.3, 0.4) is 0 Å². The van der Waals surface area contributed by atoms with E-state index in [9.17, 15) is 9.90 Å². The number of anilines is 1. The summed E-state index contributed by atoms with van der Waals surface area (Å²) in [6, 6.07) is 7.62. The van der Waals surface area contributed by atoms with Gasteiger partial charge in [0.15, 0.2) is 5.13 Å². The number of hydrogen-bond acceptors (Lipinski definition) is 4. The molecule has 0 radical (unpaired) electrons. The minimum Gasteiger partial charge on any atom is -0.477 e. The number of aromatic carboxylic acids is 1. The van der Waals surface area contributed by atoms with Gasteiger partial charge in [0.05, 0.1) is 5.69 Å². The predicted octanol–water partition coefficient (Wildman–Crippen LogP) is 4.08. The molecule has 21 heavy (non-hydrogen) atoms. The molecular weight excluding hydrogens is 308 g/mol. The lowest BCUT2D eigenvalue weighted by atomic mass is 10.2. The molecule has 0 saturated carbocycles. The van der Waals surface area contributed by atoms with E-state index in [1.54, 1.807) is 0 Å². The minimum absolute atomic E-state index is 0.338. The van der Waals surface area contributed by atoms with Crippen LogP contribution in [-0.4, -0.2) is 23.1 Å². The van der Waals surface area contributed by atoms with Crippen LogP contribution in [0.1, 0.15) is 34.3 Å². The number of hydrogen-bond donors (Lipinski definition) is 1. The number of benzene rings is 1. The van der Waals surface area contributed by atoms with Crippen LogP contribution in [0.4, 0.5) is 5.13 Å². The monoisotopic (exact) mass is 324 g/mol. The molecule has 1 heterocycles. The molecule has 4 nitrogen and oxygen atoms in total. The van der Waals surface area contributed by atoms with Crippen LogP contribution in [0.15, 0.2) is 24.3 Å². The highest BCUT2D eigenvalue weighted by molar-refractivity contribution is 7.17. The smallest absolute Gasteiger partial charge is 0.347 e. The van der Waals surface area contributed by atoms with Gasteiger partial charge in [-0.2, -0.15) is 0 Å². The molecule has 6 heteroatoms. The van der Waals surface area contributed by atoms with Crippen LogP contribution in [0.5, 0.6) is 0 Å². The Kier molecular flexibility index (Phi) is 5.20. The molecule has 0 aliphatic carbocycles. The summed E-state index contributed by atoms with van der Waals surface area (Å²) in [6.45, 7) is 2.65. The first-order chi connectivity index (χ1) is 10.0. The van der Waals surface area contributed by atoms with Gasteiger partial charge >= 0.3 is 5.97 Å². The van der Waals surface area contributed by atoms with Gasteiger partial charge in [0.1, 0.15) is 4.88 Å². The van der Waals surface area contributed by atoms with Crippen molar-refractivity contribution in [2.75, 3.05) is 11.9 Å². The number of aryl methyl sites for hydroxylation is 1. The Hall–Kier alpha value is -1.59. The Morgan fingerprint density at radius 1 is 1.48 bits per heavy atom. The third-order valence-corrected chi connectivity index (χ3v) is 4.44. The van der Waals surface area contributed by atoms with E-state index in [0.717, 1.165) is 17.1 Å². The lowest BCUT2D eigenvalue weighted by molar-refractivity contribution is 0.0700. The second-order valence-electron chi connectivity index (χ2n) is 4.81. The number of carbonyl (C=O) groups is 1. The number of halogens is 1. The van der Waals surface area contributed by atoms with Gasteiger partial charge in [-0.05, 0) is 24.1 Å². The lowest BCUT2D eigenvalue weighted by Crippen LogP contribution is -2.16. The normalized spacial score (nSPS) is 10.6. The maximum absolute atomic E-state index is 11.3. The average molecular weight is 325 g/mol. The average Bonchev–Trinajstić information content (AvgIpc) is 2.83. The van der Waals surface area contributed by atoms with Gasteiger partial charge in [-0.15, -0.1) is 0 Å². The summed E-state index contributed by atoms with van der Waals surface area (Å²) in [5, 5.41) is 10.7. The van der Waals surface area contributed by atoms with E-state index >= 15 is 0 Å². The van der Waals surface area contributed by atoms with Crippen molar-refractivity contribution in [1.29, 1.82) is 0 Å². The fourth-order valence-corrected chi connectivity index (χ4v) is 3.18. The highest BCUT2D eigenvalue weighted by Gasteiger charge is 2.18. The molecule has 0 bridgehead atoms. The molecule has 0 fully saturated rings. The molecule has 1 N–H and O–H groups in total. The largest absolute Gasteiger partial charge is 0.477 e. The van der Waals surface area contributed by atoms with Gasteiger partial charge in [-0.1, -0.05) is 48.4 Å². The van der Waals surface area contributed by atoms with Crippen molar-refractivity contribution >= 4 is 34.0 Å². The van der Waals surface area contributed by atoms with Crippen molar-refractivity contribution in [3.63, 3.8) is 0 Å². The number of carboxylic acid groups (broad SMARTS) is 1. The Bertz CT molecular complexity index is 642. The van der Waals surface area contributed by atoms with Crippen LogP contribution in [0, 0.1) is 0 Å². The Balaban J connectivity index is 2.20. The number of nitrogens with zero attached hydrogens (tertiary/aromatic N) is 2. The second-order valence-corrected chi connectivity index (χ2v) is 6.23. The number of rotatable bonds is 6. The Labute approximate surface area is 133 Å². The van der Waals surface area contributed by atoms with Gasteiger partial charge < -0.3 is 10.0 Å². The molecule has 2 aromatic rings. The minimum atomic E-state index is -0.904. The molecule has 0 atom stereocenters. The molecule has 1 aromatic carbocycles. The van der Waals surface area contributed by atoms with E-state index < -0.39 is 5.97 Å². The van der Waals surface area contributed by atoms with E-state index in [1.165, 1.54) is 11.3 Å². The Morgan fingerprint density at radius 2 is 2.24 bits per heavy atom. The van der Waals surface area contributed by atoms with Crippen LogP contribution < -0.4 is 4.90 Å². The first-order valence-corrected chi connectivity index (χ1v) is 7.89. The maximum Gasteiger partial charge on any atom is 0.347 e. The topological polar surface area (TPSA) is 53.4 Å². The van der Waals surface area contributed by atoms with Gasteiger partial charge in [0, 0.05) is 18.6 Å². The third kappa shape index (κ3) is 3.95. The first kappa shape index (κ1) is 15.8. The quantitative estimate of drug-likeness (QED) is 0.869. The number of carboxylic acids is 1. The molecule has 0 saturated heterocycles. The number of thiazole rings is 1. The predicted molar refractivity (Wildman–Crippen MR) is 86.6 cm³/mol. The summed E-state index contributed by atoms with van der Waals surface area (Å²) in [5.74, 6) is -0.904. The van der Waals surface area contributed by atoms with Gasteiger partial charge in [-0.25, -0.2) is 9.78 Å². The molecule has 0 aliphatic rings. The zero-order valence-corrected chi connectivity index (χ0v) is 13.5. The van der Waals surface area contributed by atoms with Crippen molar-refractivity contribution in [2.45, 2.75) is 26.3 Å². The summed E-state index contributed by atoms with van der Waals surface area (Å²) in [6.07, 6.45) is 1.56. The molecule has 2 rings (SSSR count). The van der Waals surface area contributed by atoms with E-state index in [0.29, 0.717) is 28.6 Å². The molecule has 112 valence electrons. The summed E-state index contributed by atoms with van der Waals surface area (Å²) in [5.41, 5.74) is 1.73. The zero-order valence-electron chi connectivity index (χ0n) is 12.0. The van der Waals surface area contributed by atoms with E-state index in [4.69, 9.17) is 11.6 Å². The van der Waals surface area contributed by atoms with Gasteiger partial charge in [-0.3, -0.25) is 0 Å². The van der Waals surface area contributed by atoms with Crippen molar-refractivity contribution in [3.8, 4) is 0 Å². The van der Waals surface area contributed by atoms with Crippen LogP contribution >= 0.6 is 22.9 Å². The highest BCUT2D eigenvalue weighted by Crippen LogP contribution is 2.28. The summed E-state index contributed by atoms with van der Waals surface area (Å²) in [4.78, 5) is 18.0. The van der Waals surface area contributed by atoms with Crippen molar-refractivity contribution in [2.24, 2.45) is 0 Å². The highest BCUT2D eigenvalue weighted by atomic mass is 35.5. The SMILES string of the molecule is CCCc1nc(N(C)Cc2cccc(Cl)c2)sc1C(=O)O. The molecule has 0 amide bonds. The molecule has 0 aliphatic heterocycles. The van der Waals surface area contributed by atoms with Crippen LogP contribution in [0.25, 0.3) is 0 Å². The number of aromatic nitrogens is 1. The fourth-order valence-electron chi connectivity index (χ4n) is 2.05. The standard InChI is InChI=1S/C15H17ClN2O2S/c1-3-5-12-13(14(19)20)21-15(17-12)18(2)9-10-6-4-7-11(16)8-10/h4,6-8H,3,5,9H2,1-2H3,(H,19,20). The summed E-state index contributed by atoms with van der Waals surface area (Å²) in [7, 11) is 1.90. The van der Waals surface area contributed by atoms with E-state index in [1.807, 2.05) is 43.1 Å². The lowest BCUT2D eigenvalue weighted by Gasteiger charge is -2.15. The molecule has 0 unspecified atom stereocenters. The summed E-state index contributed by atoms with van der Waals surface area (Å²) < 4.78 is 0. The van der Waals surface area contributed by atoms with Crippen molar-refractivity contribution in [1.82, 2.24) is 4.98 Å².